The molecule has 1 aromatic rings. The molecule has 1 rings (SSSR count). The molecular weight excluding hydrogens is 237 g/mol. The summed E-state index contributed by atoms with van der Waals surface area (Å²) in [5.74, 6) is 0.976. The zero-order valence-corrected chi connectivity index (χ0v) is 13.2. The quantitative estimate of drug-likeness (QED) is 0.835. The van der Waals surface area contributed by atoms with Gasteiger partial charge in [-0.25, -0.2) is 4.39 Å². The van der Waals surface area contributed by atoms with E-state index in [4.69, 9.17) is 0 Å². The first-order valence-electron chi connectivity index (χ1n) is 7.19. The summed E-state index contributed by atoms with van der Waals surface area (Å²) in [7, 11) is 0. The smallest absolute Gasteiger partial charge is 0.123 e. The third kappa shape index (κ3) is 5.73. The minimum Gasteiger partial charge on any atom is -0.312 e. The van der Waals surface area contributed by atoms with Crippen molar-refractivity contribution in [1.82, 2.24) is 5.32 Å². The summed E-state index contributed by atoms with van der Waals surface area (Å²) >= 11 is 0. The van der Waals surface area contributed by atoms with Crippen LogP contribution in [0.15, 0.2) is 18.2 Å². The highest BCUT2D eigenvalue weighted by Gasteiger charge is 2.18. The molecule has 0 aliphatic heterocycles. The Balaban J connectivity index is 2.75. The predicted octanol–water partition coefficient (Wildman–Crippen LogP) is 4.34. The lowest BCUT2D eigenvalue weighted by atomic mass is 9.87. The molecule has 0 saturated carbocycles. The van der Waals surface area contributed by atoms with Crippen LogP contribution >= 0.6 is 0 Å². The summed E-state index contributed by atoms with van der Waals surface area (Å²) < 4.78 is 13.4. The maximum Gasteiger partial charge on any atom is 0.123 e. The Labute approximate surface area is 117 Å². The van der Waals surface area contributed by atoms with Gasteiger partial charge in [-0.1, -0.05) is 19.9 Å². The molecule has 0 fully saturated rings. The fraction of sp³-hybridized carbons (Fsp3) is 0.647. The maximum atomic E-state index is 13.4. The lowest BCUT2D eigenvalue weighted by molar-refractivity contribution is 0.312. The number of rotatable bonds is 5. The molecule has 0 amide bonds. The molecule has 19 heavy (non-hydrogen) atoms. The molecule has 1 atom stereocenters. The summed E-state index contributed by atoms with van der Waals surface area (Å²) in [5.41, 5.74) is 2.45. The molecule has 0 aromatic heterocycles. The summed E-state index contributed by atoms with van der Waals surface area (Å²) in [4.78, 5) is 0. The molecule has 108 valence electrons. The van der Waals surface area contributed by atoms with Crippen molar-refractivity contribution in [3.05, 3.63) is 35.1 Å². The summed E-state index contributed by atoms with van der Waals surface area (Å²) in [6.07, 6.45) is 0.935. The van der Waals surface area contributed by atoms with Gasteiger partial charge in [0, 0.05) is 5.54 Å². The normalized spacial score (nSPS) is 13.9. The second kappa shape index (κ2) is 6.51. The molecule has 0 heterocycles. The fourth-order valence-corrected chi connectivity index (χ4v) is 2.12. The van der Waals surface area contributed by atoms with E-state index in [0.717, 1.165) is 18.5 Å². The van der Waals surface area contributed by atoms with E-state index in [2.05, 4.69) is 46.9 Å². The van der Waals surface area contributed by atoms with Gasteiger partial charge >= 0.3 is 0 Å². The van der Waals surface area contributed by atoms with Crippen LogP contribution in [0, 0.1) is 24.6 Å². The Bertz CT molecular complexity index is 404. The van der Waals surface area contributed by atoms with Crippen molar-refractivity contribution >= 4 is 0 Å². The van der Waals surface area contributed by atoms with Gasteiger partial charge in [0.2, 0.25) is 0 Å². The van der Waals surface area contributed by atoms with Crippen molar-refractivity contribution < 1.29 is 4.39 Å². The van der Waals surface area contributed by atoms with Crippen molar-refractivity contribution in [1.29, 1.82) is 0 Å². The molecule has 0 saturated heterocycles. The average molecular weight is 265 g/mol. The van der Waals surface area contributed by atoms with Crippen molar-refractivity contribution in [3.63, 3.8) is 0 Å². The highest BCUT2D eigenvalue weighted by molar-refractivity contribution is 5.27. The van der Waals surface area contributed by atoms with Crippen LogP contribution in [-0.2, 0) is 6.42 Å². The summed E-state index contributed by atoms with van der Waals surface area (Å²) in [6.45, 7) is 14.0. The Morgan fingerprint density at radius 1 is 1.21 bits per heavy atom. The standard InChI is InChI=1S/C17H28FN/c1-12(2)15(11-19-17(4,5)6)9-14-10-16(18)8-7-13(14)3/h7-8,10,12,15,19H,9,11H2,1-6H3. The molecule has 2 heteroatoms. The van der Waals surface area contributed by atoms with Crippen LogP contribution in [0.3, 0.4) is 0 Å². The van der Waals surface area contributed by atoms with E-state index in [9.17, 15) is 4.39 Å². The average Bonchev–Trinajstić information content (AvgIpc) is 2.27. The SMILES string of the molecule is Cc1ccc(F)cc1CC(CNC(C)(C)C)C(C)C. The van der Waals surface area contributed by atoms with Gasteiger partial charge in [0.25, 0.3) is 0 Å². The Morgan fingerprint density at radius 3 is 2.37 bits per heavy atom. The number of aryl methyl sites for hydroxylation is 1. The Kier molecular flexibility index (Phi) is 5.54. The molecule has 0 aliphatic carbocycles. The van der Waals surface area contributed by atoms with Crippen LogP contribution < -0.4 is 5.32 Å². The molecule has 1 aromatic carbocycles. The van der Waals surface area contributed by atoms with Crippen LogP contribution in [0.1, 0.15) is 45.7 Å². The Hall–Kier alpha value is -0.890. The van der Waals surface area contributed by atoms with Gasteiger partial charge in [0.1, 0.15) is 5.82 Å². The molecule has 0 radical (unpaired) electrons. The maximum absolute atomic E-state index is 13.4. The largest absolute Gasteiger partial charge is 0.312 e. The monoisotopic (exact) mass is 265 g/mol. The highest BCUT2D eigenvalue weighted by atomic mass is 19.1. The molecule has 1 unspecified atom stereocenters. The molecule has 0 spiro atoms. The predicted molar refractivity (Wildman–Crippen MR) is 80.9 cm³/mol. The van der Waals surface area contributed by atoms with Gasteiger partial charge in [-0.2, -0.15) is 0 Å². The molecule has 0 bridgehead atoms. The third-order valence-corrected chi connectivity index (χ3v) is 3.63. The number of benzene rings is 1. The topological polar surface area (TPSA) is 12.0 Å². The van der Waals surface area contributed by atoms with Gasteiger partial charge in [-0.15, -0.1) is 0 Å². The number of hydrogen-bond donors (Lipinski definition) is 1. The van der Waals surface area contributed by atoms with Crippen molar-refractivity contribution in [3.8, 4) is 0 Å². The van der Waals surface area contributed by atoms with Gasteiger partial charge in [0.05, 0.1) is 0 Å². The van der Waals surface area contributed by atoms with E-state index in [1.807, 2.05) is 6.07 Å². The van der Waals surface area contributed by atoms with Gasteiger partial charge in [0.15, 0.2) is 0 Å². The Morgan fingerprint density at radius 2 is 1.84 bits per heavy atom. The van der Waals surface area contributed by atoms with Gasteiger partial charge in [-0.05, 0) is 75.8 Å². The second-order valence-corrected chi connectivity index (χ2v) is 6.91. The van der Waals surface area contributed by atoms with Crippen LogP contribution in [-0.4, -0.2) is 12.1 Å². The first-order chi connectivity index (χ1) is 8.69. The lowest BCUT2D eigenvalue weighted by Gasteiger charge is -2.28. The van der Waals surface area contributed by atoms with Crippen LogP contribution in [0.25, 0.3) is 0 Å². The van der Waals surface area contributed by atoms with Gasteiger partial charge in [-0.3, -0.25) is 0 Å². The van der Waals surface area contributed by atoms with E-state index in [1.54, 1.807) is 6.07 Å². The van der Waals surface area contributed by atoms with Crippen molar-refractivity contribution in [2.24, 2.45) is 11.8 Å². The third-order valence-electron chi connectivity index (χ3n) is 3.63. The van der Waals surface area contributed by atoms with E-state index < -0.39 is 0 Å². The van der Waals surface area contributed by atoms with Crippen molar-refractivity contribution in [2.45, 2.75) is 53.5 Å². The van der Waals surface area contributed by atoms with Gasteiger partial charge < -0.3 is 5.32 Å². The minimum atomic E-state index is -0.133. The summed E-state index contributed by atoms with van der Waals surface area (Å²) in [5, 5.41) is 3.56. The van der Waals surface area contributed by atoms with Crippen LogP contribution in [0.4, 0.5) is 4.39 Å². The minimum absolute atomic E-state index is 0.129. The second-order valence-electron chi connectivity index (χ2n) is 6.91. The zero-order chi connectivity index (χ0) is 14.6. The molecule has 1 nitrogen and oxygen atoms in total. The van der Waals surface area contributed by atoms with E-state index in [-0.39, 0.29) is 11.4 Å². The first-order valence-corrected chi connectivity index (χ1v) is 7.19. The number of nitrogens with one attached hydrogen (secondary N) is 1. The van der Waals surface area contributed by atoms with Crippen LogP contribution in [0.5, 0.6) is 0 Å². The molecule has 1 N–H and O–H groups in total. The fourth-order valence-electron chi connectivity index (χ4n) is 2.12. The number of halogens is 1. The summed E-state index contributed by atoms with van der Waals surface area (Å²) in [6, 6.07) is 5.09. The first kappa shape index (κ1) is 16.2. The van der Waals surface area contributed by atoms with E-state index >= 15 is 0 Å². The van der Waals surface area contributed by atoms with E-state index in [1.165, 1.54) is 11.6 Å². The van der Waals surface area contributed by atoms with Crippen LogP contribution in [0.2, 0.25) is 0 Å². The highest BCUT2D eigenvalue weighted by Crippen LogP contribution is 2.20. The van der Waals surface area contributed by atoms with E-state index in [0.29, 0.717) is 11.8 Å². The molecular formula is C17H28FN. The van der Waals surface area contributed by atoms with Crippen molar-refractivity contribution in [2.75, 3.05) is 6.54 Å². The lowest BCUT2D eigenvalue weighted by Crippen LogP contribution is -2.40. The zero-order valence-electron chi connectivity index (χ0n) is 13.2. The molecule has 0 aliphatic rings. The number of hydrogen-bond acceptors (Lipinski definition) is 1.